The molecule has 2 rings (SSSR count). The second-order valence-electron chi connectivity index (χ2n) is 13.5. The van der Waals surface area contributed by atoms with Gasteiger partial charge in [-0.05, 0) is 74.4 Å². The van der Waals surface area contributed by atoms with Gasteiger partial charge in [0.2, 0.25) is 0 Å². The Morgan fingerprint density at radius 1 is 0.511 bits per heavy atom. The summed E-state index contributed by atoms with van der Waals surface area (Å²) in [5.41, 5.74) is 6.31. The zero-order valence-electron chi connectivity index (χ0n) is 30.8. The molecule has 2 aromatic carbocycles. The minimum Gasteiger partial charge on any atom is -0.251 e. The Morgan fingerprint density at radius 2 is 1.00 bits per heavy atom. The Labute approximate surface area is 305 Å². The van der Waals surface area contributed by atoms with Crippen LogP contribution in [0.25, 0.3) is 0 Å². The molecule has 0 aliphatic heterocycles. The zero-order chi connectivity index (χ0) is 32.9. The minimum atomic E-state index is 0. The predicted molar refractivity (Wildman–Crippen MR) is 206 cm³/mol. The van der Waals surface area contributed by atoms with Crippen molar-refractivity contribution in [2.75, 3.05) is 0 Å². The largest absolute Gasteiger partial charge is 0.251 e. The third-order valence-electron chi connectivity index (χ3n) is 9.15. The van der Waals surface area contributed by atoms with Crippen LogP contribution in [0, 0.1) is 25.7 Å². The van der Waals surface area contributed by atoms with E-state index in [0.717, 1.165) is 48.5 Å². The number of benzene rings is 2. The number of unbranched alkanes of at least 4 members (excludes halogenated alkanes) is 21. The van der Waals surface area contributed by atoms with Crippen molar-refractivity contribution in [3.8, 4) is 11.8 Å². The third kappa shape index (κ3) is 22.3. The Kier molecular flexibility index (Phi) is 27.5. The summed E-state index contributed by atoms with van der Waals surface area (Å²) in [7, 11) is 0. The average Bonchev–Trinajstić information content (AvgIpc) is 3.07. The Hall–Kier alpha value is -2.00. The maximum absolute atomic E-state index is 5.05. The van der Waals surface area contributed by atoms with Crippen molar-refractivity contribution in [3.05, 3.63) is 59.7 Å². The molecule has 0 fully saturated rings. The molecule has 0 amide bonds. The summed E-state index contributed by atoms with van der Waals surface area (Å²) >= 11 is 0. The van der Waals surface area contributed by atoms with Crippen LogP contribution in [0.2, 0.25) is 0 Å². The third-order valence-corrected chi connectivity index (χ3v) is 9.15. The van der Waals surface area contributed by atoms with Crippen LogP contribution in [0.4, 0.5) is 11.4 Å². The van der Waals surface area contributed by atoms with Crippen molar-refractivity contribution >= 4 is 22.8 Å². The first-order valence-electron chi connectivity index (χ1n) is 19.4. The molecule has 0 N–H and O–H groups in total. The Balaban J connectivity index is 0.0000110. The summed E-state index contributed by atoms with van der Waals surface area (Å²) in [5.74, 6) is 6.93. The van der Waals surface area contributed by atoms with Gasteiger partial charge in [0.05, 0.1) is 17.1 Å². The number of hydrogen-bond acceptors (Lipinski definition) is 2. The molecule has 0 radical (unpaired) electrons. The normalized spacial score (nSPS) is 11.7. The first-order valence-corrected chi connectivity index (χ1v) is 19.4. The molecule has 0 aromatic heterocycles. The first-order chi connectivity index (χ1) is 22.6. The van der Waals surface area contributed by atoms with Crippen molar-refractivity contribution in [2.24, 2.45) is 9.98 Å². The fourth-order valence-corrected chi connectivity index (χ4v) is 5.93. The zero-order valence-corrected chi connectivity index (χ0v) is 32.4. The molecule has 0 saturated heterocycles. The van der Waals surface area contributed by atoms with Crippen LogP contribution in [0.15, 0.2) is 58.5 Å². The molecule has 264 valence electrons. The van der Waals surface area contributed by atoms with Gasteiger partial charge in [-0.3, -0.25) is 4.99 Å². The van der Waals surface area contributed by atoms with E-state index in [1.54, 1.807) is 0 Å². The second kappa shape index (κ2) is 30.1. The van der Waals surface area contributed by atoms with E-state index in [9.17, 15) is 0 Å². The second-order valence-corrected chi connectivity index (χ2v) is 13.5. The smallest absolute Gasteiger partial charge is 0.135 e. The molecular weight excluding hydrogens is 663 g/mol. The number of para-hydroxylation sites is 1. The maximum Gasteiger partial charge on any atom is 0.135 e. The molecule has 0 aliphatic carbocycles. The van der Waals surface area contributed by atoms with Crippen LogP contribution >= 0.6 is 0 Å². The SMILES string of the molecule is CCCCCCCCCCCCCCCCCCCCCCC#CC(=N/c1ccc(C)c(C)c1)/C(CCCC)=N/c1ccccc1.[Pd]. The van der Waals surface area contributed by atoms with Crippen molar-refractivity contribution in [3.63, 3.8) is 0 Å². The van der Waals surface area contributed by atoms with Gasteiger partial charge >= 0.3 is 0 Å². The minimum absolute atomic E-state index is 0. The van der Waals surface area contributed by atoms with E-state index in [0.29, 0.717) is 0 Å². The maximum atomic E-state index is 5.05. The number of nitrogens with zero attached hydrogens (tertiary/aromatic N) is 2. The topological polar surface area (TPSA) is 24.7 Å². The van der Waals surface area contributed by atoms with Crippen molar-refractivity contribution in [2.45, 2.75) is 182 Å². The summed E-state index contributed by atoms with van der Waals surface area (Å²) in [5, 5.41) is 0. The van der Waals surface area contributed by atoms with E-state index in [1.165, 1.54) is 140 Å². The summed E-state index contributed by atoms with van der Waals surface area (Å²) in [6.07, 6.45) is 32.2. The fraction of sp³-hybridized carbons (Fsp3) is 0.636. The van der Waals surface area contributed by atoms with Crippen LogP contribution in [-0.2, 0) is 20.4 Å². The summed E-state index contributed by atoms with van der Waals surface area (Å²) < 4.78 is 0. The van der Waals surface area contributed by atoms with E-state index in [1.807, 2.05) is 18.2 Å². The summed E-state index contributed by atoms with van der Waals surface area (Å²) in [6, 6.07) is 16.7. The molecule has 0 heterocycles. The molecule has 47 heavy (non-hydrogen) atoms. The molecule has 0 unspecified atom stereocenters. The van der Waals surface area contributed by atoms with Gasteiger partial charge in [-0.1, -0.05) is 172 Å². The average molecular weight is 731 g/mol. The van der Waals surface area contributed by atoms with Gasteiger partial charge in [-0.25, -0.2) is 4.99 Å². The van der Waals surface area contributed by atoms with Crippen LogP contribution < -0.4 is 0 Å². The van der Waals surface area contributed by atoms with Gasteiger partial charge in [0.25, 0.3) is 0 Å². The van der Waals surface area contributed by atoms with E-state index in [4.69, 9.17) is 9.98 Å². The standard InChI is InChI=1S/C44H68N2.Pd/c1-5-7-9-10-11-12-13-14-15-16-17-18-19-20-21-22-23-24-25-26-27-31-35-44(46-42-37-36-39(3)40(4)38-42)43(34-8-6-2)45-41-32-29-28-30-33-41;/h28-30,32-33,36-38H,5-27,34H2,1-4H3;/b45-43+,46-44-;. The van der Waals surface area contributed by atoms with Crippen LogP contribution in [0.1, 0.15) is 179 Å². The molecule has 2 nitrogen and oxygen atoms in total. The molecular formula is C44H68N2Pd. The Morgan fingerprint density at radius 3 is 1.49 bits per heavy atom. The summed E-state index contributed by atoms with van der Waals surface area (Å²) in [4.78, 5) is 10.1. The van der Waals surface area contributed by atoms with Gasteiger partial charge in [-0.15, -0.1) is 0 Å². The monoisotopic (exact) mass is 730 g/mol. The number of rotatable bonds is 26. The number of hydrogen-bond donors (Lipinski definition) is 0. The van der Waals surface area contributed by atoms with E-state index >= 15 is 0 Å². The van der Waals surface area contributed by atoms with Gasteiger partial charge in [-0.2, -0.15) is 0 Å². The van der Waals surface area contributed by atoms with Gasteiger partial charge in [0, 0.05) is 26.8 Å². The molecule has 3 heteroatoms. The number of aliphatic imine (C=N–C) groups is 2. The Bertz CT molecular complexity index is 1150. The number of aryl methyl sites for hydroxylation is 2. The van der Waals surface area contributed by atoms with Crippen molar-refractivity contribution in [1.29, 1.82) is 0 Å². The van der Waals surface area contributed by atoms with E-state index in [2.05, 4.69) is 69.9 Å². The van der Waals surface area contributed by atoms with Gasteiger partial charge < -0.3 is 0 Å². The molecule has 0 spiro atoms. The fourth-order valence-electron chi connectivity index (χ4n) is 5.93. The summed E-state index contributed by atoms with van der Waals surface area (Å²) in [6.45, 7) is 8.82. The quantitative estimate of drug-likeness (QED) is 0.0398. The predicted octanol–water partition coefficient (Wildman–Crippen LogP) is 14.6. The van der Waals surface area contributed by atoms with Crippen LogP contribution in [-0.4, -0.2) is 11.4 Å². The molecule has 2 aromatic rings. The van der Waals surface area contributed by atoms with Gasteiger partial charge in [0.15, 0.2) is 0 Å². The molecule has 0 saturated carbocycles. The molecule has 0 aliphatic rings. The van der Waals surface area contributed by atoms with Crippen molar-refractivity contribution < 1.29 is 20.4 Å². The van der Waals surface area contributed by atoms with Crippen LogP contribution in [0.5, 0.6) is 0 Å². The first kappa shape index (κ1) is 43.0. The van der Waals surface area contributed by atoms with Crippen molar-refractivity contribution in [1.82, 2.24) is 0 Å². The molecule has 0 bridgehead atoms. The van der Waals surface area contributed by atoms with E-state index < -0.39 is 0 Å². The molecule has 0 atom stereocenters. The van der Waals surface area contributed by atoms with E-state index in [-0.39, 0.29) is 20.4 Å². The van der Waals surface area contributed by atoms with Gasteiger partial charge in [0.1, 0.15) is 5.71 Å². The van der Waals surface area contributed by atoms with Crippen LogP contribution in [0.3, 0.4) is 0 Å².